The average Bonchev–Trinajstić information content (AvgIpc) is 2.30. The molecule has 1 saturated carbocycles. The standard InChI is InChI=1S/C9H17NOS/c11-12-7-6-10-8-4-2-1-3-5-9(8)12/h8-10H,1-7H2. The number of hydrogen-bond donors (Lipinski definition) is 1. The molecule has 0 radical (unpaired) electrons. The lowest BCUT2D eigenvalue weighted by molar-refractivity contribution is 0.459. The lowest BCUT2D eigenvalue weighted by Gasteiger charge is -2.30. The first-order valence-corrected chi connectivity index (χ1v) is 6.37. The predicted octanol–water partition coefficient (Wildman–Crippen LogP) is 1.04. The minimum atomic E-state index is -0.530. The van der Waals surface area contributed by atoms with E-state index in [0.717, 1.165) is 12.3 Å². The molecule has 2 nitrogen and oxygen atoms in total. The van der Waals surface area contributed by atoms with Crippen LogP contribution in [0.3, 0.4) is 0 Å². The highest BCUT2D eigenvalue weighted by atomic mass is 32.2. The second-order valence-corrected chi connectivity index (χ2v) is 5.60. The highest BCUT2D eigenvalue weighted by molar-refractivity contribution is 7.85. The van der Waals surface area contributed by atoms with Crippen molar-refractivity contribution in [3.63, 3.8) is 0 Å². The molecular weight excluding hydrogens is 170 g/mol. The van der Waals surface area contributed by atoms with E-state index in [4.69, 9.17) is 0 Å². The van der Waals surface area contributed by atoms with Gasteiger partial charge in [-0.3, -0.25) is 4.21 Å². The summed E-state index contributed by atoms with van der Waals surface area (Å²) in [5.41, 5.74) is 0. The van der Waals surface area contributed by atoms with Gasteiger partial charge in [-0.1, -0.05) is 19.3 Å². The number of fused-ring (bicyclic) bond motifs is 1. The molecule has 1 heterocycles. The molecule has 0 aromatic heterocycles. The fourth-order valence-corrected chi connectivity index (χ4v) is 3.97. The maximum absolute atomic E-state index is 11.7. The number of hydrogen-bond acceptors (Lipinski definition) is 2. The zero-order valence-electron chi connectivity index (χ0n) is 7.42. The average molecular weight is 187 g/mol. The van der Waals surface area contributed by atoms with Crippen LogP contribution in [0.15, 0.2) is 0 Å². The van der Waals surface area contributed by atoms with Crippen molar-refractivity contribution < 1.29 is 4.21 Å². The van der Waals surface area contributed by atoms with Gasteiger partial charge >= 0.3 is 0 Å². The van der Waals surface area contributed by atoms with Crippen LogP contribution in [0.1, 0.15) is 32.1 Å². The van der Waals surface area contributed by atoms with Crippen LogP contribution in [0.25, 0.3) is 0 Å². The summed E-state index contributed by atoms with van der Waals surface area (Å²) in [6.45, 7) is 0.966. The third-order valence-electron chi connectivity index (χ3n) is 3.00. The fraction of sp³-hybridized carbons (Fsp3) is 1.00. The van der Waals surface area contributed by atoms with Crippen molar-refractivity contribution in [2.24, 2.45) is 0 Å². The lowest BCUT2D eigenvalue weighted by atomic mass is 10.1. The third kappa shape index (κ3) is 1.72. The van der Waals surface area contributed by atoms with Gasteiger partial charge in [-0.05, 0) is 12.8 Å². The summed E-state index contributed by atoms with van der Waals surface area (Å²) < 4.78 is 11.7. The van der Waals surface area contributed by atoms with Crippen molar-refractivity contribution in [1.29, 1.82) is 0 Å². The third-order valence-corrected chi connectivity index (χ3v) is 4.85. The van der Waals surface area contributed by atoms with E-state index in [1.54, 1.807) is 0 Å². The van der Waals surface area contributed by atoms with E-state index in [2.05, 4.69) is 5.32 Å². The monoisotopic (exact) mass is 187 g/mol. The second kappa shape index (κ2) is 3.88. The van der Waals surface area contributed by atoms with Crippen LogP contribution in [0, 0.1) is 0 Å². The Balaban J connectivity index is 2.05. The minimum absolute atomic E-state index is 0.473. The Bertz CT molecular complexity index is 183. The van der Waals surface area contributed by atoms with Crippen molar-refractivity contribution >= 4 is 10.8 Å². The Morgan fingerprint density at radius 3 is 2.92 bits per heavy atom. The van der Waals surface area contributed by atoms with E-state index < -0.39 is 10.8 Å². The fourth-order valence-electron chi connectivity index (χ4n) is 2.32. The molecule has 3 unspecified atom stereocenters. The smallest absolute Gasteiger partial charge is 0.0501 e. The SMILES string of the molecule is O=S1CCNC2CCCCCC21. The van der Waals surface area contributed by atoms with E-state index in [-0.39, 0.29) is 0 Å². The van der Waals surface area contributed by atoms with E-state index in [0.29, 0.717) is 11.3 Å². The van der Waals surface area contributed by atoms with Crippen molar-refractivity contribution in [2.75, 3.05) is 12.3 Å². The molecule has 1 N–H and O–H groups in total. The normalized spacial score (nSPS) is 43.2. The van der Waals surface area contributed by atoms with E-state index >= 15 is 0 Å². The van der Waals surface area contributed by atoms with Gasteiger partial charge in [-0.25, -0.2) is 0 Å². The molecule has 0 spiro atoms. The summed E-state index contributed by atoms with van der Waals surface area (Å²) in [5.74, 6) is 0.876. The highest BCUT2D eigenvalue weighted by Crippen LogP contribution is 2.24. The molecule has 2 rings (SSSR count). The number of rotatable bonds is 0. The molecule has 0 aromatic rings. The lowest BCUT2D eigenvalue weighted by Crippen LogP contribution is -2.49. The molecule has 1 aliphatic carbocycles. The molecule has 3 atom stereocenters. The van der Waals surface area contributed by atoms with Crippen LogP contribution < -0.4 is 5.32 Å². The summed E-state index contributed by atoms with van der Waals surface area (Å²) in [6, 6.07) is 0.571. The molecule has 2 aliphatic rings. The van der Waals surface area contributed by atoms with Gasteiger partial charge in [0.1, 0.15) is 0 Å². The zero-order chi connectivity index (χ0) is 8.39. The summed E-state index contributed by atoms with van der Waals surface area (Å²) in [4.78, 5) is 0. The molecular formula is C9H17NOS. The molecule has 1 aliphatic heterocycles. The van der Waals surface area contributed by atoms with Crippen LogP contribution in [-0.4, -0.2) is 27.8 Å². The first kappa shape index (κ1) is 8.70. The maximum atomic E-state index is 11.7. The zero-order valence-corrected chi connectivity index (χ0v) is 8.24. The van der Waals surface area contributed by atoms with Crippen LogP contribution in [0.4, 0.5) is 0 Å². The summed E-state index contributed by atoms with van der Waals surface area (Å²) in [7, 11) is -0.530. The van der Waals surface area contributed by atoms with Crippen LogP contribution in [0.5, 0.6) is 0 Å². The Morgan fingerprint density at radius 1 is 1.17 bits per heavy atom. The van der Waals surface area contributed by atoms with Crippen molar-refractivity contribution in [2.45, 2.75) is 43.4 Å². The largest absolute Gasteiger partial charge is 0.312 e. The maximum Gasteiger partial charge on any atom is 0.0501 e. The van der Waals surface area contributed by atoms with Crippen molar-refractivity contribution in [3.8, 4) is 0 Å². The van der Waals surface area contributed by atoms with Gasteiger partial charge in [-0.2, -0.15) is 0 Å². The van der Waals surface area contributed by atoms with Gasteiger partial charge in [0, 0.05) is 29.1 Å². The topological polar surface area (TPSA) is 29.1 Å². The van der Waals surface area contributed by atoms with Crippen molar-refractivity contribution in [1.82, 2.24) is 5.32 Å². The van der Waals surface area contributed by atoms with Gasteiger partial charge in [-0.15, -0.1) is 0 Å². The summed E-state index contributed by atoms with van der Waals surface area (Å²) >= 11 is 0. The van der Waals surface area contributed by atoms with E-state index in [1.807, 2.05) is 0 Å². The molecule has 12 heavy (non-hydrogen) atoms. The van der Waals surface area contributed by atoms with Crippen LogP contribution >= 0.6 is 0 Å². The number of nitrogens with one attached hydrogen (secondary N) is 1. The quantitative estimate of drug-likeness (QED) is 0.614. The Hall–Kier alpha value is 0.110. The molecule has 0 aromatic carbocycles. The highest BCUT2D eigenvalue weighted by Gasteiger charge is 2.30. The predicted molar refractivity (Wildman–Crippen MR) is 51.7 cm³/mol. The summed E-state index contributed by atoms with van der Waals surface area (Å²) in [6.07, 6.45) is 6.38. The van der Waals surface area contributed by atoms with E-state index in [9.17, 15) is 4.21 Å². The summed E-state index contributed by atoms with van der Waals surface area (Å²) in [5, 5.41) is 3.97. The van der Waals surface area contributed by atoms with Crippen LogP contribution in [-0.2, 0) is 10.8 Å². The van der Waals surface area contributed by atoms with Gasteiger partial charge in [0.25, 0.3) is 0 Å². The Labute approximate surface area is 76.6 Å². The molecule has 70 valence electrons. The molecule has 2 fully saturated rings. The molecule has 0 bridgehead atoms. The van der Waals surface area contributed by atoms with E-state index in [1.165, 1.54) is 32.1 Å². The van der Waals surface area contributed by atoms with Gasteiger partial charge in [0.15, 0.2) is 0 Å². The first-order chi connectivity index (χ1) is 5.88. The Kier molecular flexibility index (Phi) is 2.81. The first-order valence-electron chi connectivity index (χ1n) is 4.98. The van der Waals surface area contributed by atoms with Gasteiger partial charge < -0.3 is 5.32 Å². The molecule has 3 heteroatoms. The molecule has 1 saturated heterocycles. The minimum Gasteiger partial charge on any atom is -0.312 e. The Morgan fingerprint density at radius 2 is 2.00 bits per heavy atom. The van der Waals surface area contributed by atoms with Crippen LogP contribution in [0.2, 0.25) is 0 Å². The molecule has 0 amide bonds. The van der Waals surface area contributed by atoms with Gasteiger partial charge in [0.05, 0.1) is 5.25 Å². The second-order valence-electron chi connectivity index (χ2n) is 3.82. The van der Waals surface area contributed by atoms with Gasteiger partial charge in [0.2, 0.25) is 0 Å². The van der Waals surface area contributed by atoms with Crippen molar-refractivity contribution in [3.05, 3.63) is 0 Å².